The second kappa shape index (κ2) is 8.69. The summed E-state index contributed by atoms with van der Waals surface area (Å²) in [6.07, 6.45) is 3.99. The molecule has 5 rings (SSSR count). The van der Waals surface area contributed by atoms with E-state index in [0.29, 0.717) is 30.0 Å². The molecule has 10 nitrogen and oxygen atoms in total. The number of rotatable bonds is 7. The van der Waals surface area contributed by atoms with Crippen molar-refractivity contribution >= 4 is 11.8 Å². The first kappa shape index (κ1) is 20.6. The fourth-order valence-electron chi connectivity index (χ4n) is 3.66. The van der Waals surface area contributed by atoms with Gasteiger partial charge in [0.1, 0.15) is 23.4 Å². The molecular formula is C22H20FN7O3. The van der Waals surface area contributed by atoms with Gasteiger partial charge in [0.05, 0.1) is 44.8 Å². The quantitative estimate of drug-likeness (QED) is 0.428. The first-order valence-corrected chi connectivity index (χ1v) is 10.2. The molecule has 0 spiro atoms. The number of hydrogen-bond acceptors (Lipinski definition) is 7. The maximum absolute atomic E-state index is 14.9. The molecular weight excluding hydrogens is 429 g/mol. The number of nitrogens with zero attached hydrogens (tertiary/aromatic N) is 7. The van der Waals surface area contributed by atoms with E-state index in [0.717, 1.165) is 11.3 Å². The normalized spacial score (nSPS) is 15.6. The van der Waals surface area contributed by atoms with Crippen LogP contribution in [-0.4, -0.2) is 55.8 Å². The Labute approximate surface area is 188 Å². The van der Waals surface area contributed by atoms with Gasteiger partial charge in [0.25, 0.3) is 0 Å². The lowest BCUT2D eigenvalue weighted by atomic mass is 10.1. The Morgan fingerprint density at radius 2 is 2.00 bits per heavy atom. The molecule has 4 aromatic rings. The summed E-state index contributed by atoms with van der Waals surface area (Å²) in [4.78, 5) is 13.7. The number of anilines is 1. The minimum atomic E-state index is -0.530. The van der Waals surface area contributed by atoms with Crippen molar-refractivity contribution in [1.82, 2.24) is 30.0 Å². The highest BCUT2D eigenvalue weighted by molar-refractivity contribution is 5.90. The molecule has 2 aromatic carbocycles. The minimum Gasteiger partial charge on any atom is -0.497 e. The van der Waals surface area contributed by atoms with Gasteiger partial charge >= 0.3 is 6.09 Å². The number of carbonyl (C=O) groups excluding carboxylic acids is 1. The first-order chi connectivity index (χ1) is 16.1. The van der Waals surface area contributed by atoms with Crippen molar-refractivity contribution in [2.45, 2.75) is 19.2 Å². The van der Waals surface area contributed by atoms with Crippen molar-refractivity contribution in [2.75, 3.05) is 18.6 Å². The molecule has 1 amide bonds. The number of cyclic esters (lactones) is 1. The lowest BCUT2D eigenvalue weighted by Gasteiger charge is -2.14. The SMILES string of the molecule is COc1ccc(Cn2cc(-c3ccc(N4CC(Cn5ccnn5)OC4=O)cc3F)nn2)cc1. The summed E-state index contributed by atoms with van der Waals surface area (Å²) < 4.78 is 28.7. The monoisotopic (exact) mass is 449 g/mol. The molecule has 1 unspecified atom stereocenters. The molecule has 0 bridgehead atoms. The standard InChI is InChI=1S/C22H20FN7O3/c1-32-17-5-2-15(3-6-17)11-29-14-21(25-27-29)19-7-4-16(10-20(19)23)30-13-18(33-22(30)31)12-28-9-8-24-26-28/h2-10,14,18H,11-13H2,1H3. The van der Waals surface area contributed by atoms with Crippen molar-refractivity contribution in [3.05, 3.63) is 72.4 Å². The van der Waals surface area contributed by atoms with Crippen LogP contribution in [0.4, 0.5) is 14.9 Å². The Morgan fingerprint density at radius 1 is 1.15 bits per heavy atom. The van der Waals surface area contributed by atoms with Gasteiger partial charge in [0.15, 0.2) is 0 Å². The lowest BCUT2D eigenvalue weighted by molar-refractivity contribution is 0.129. The zero-order chi connectivity index (χ0) is 22.8. The number of halogens is 1. The molecule has 3 heterocycles. The highest BCUT2D eigenvalue weighted by Gasteiger charge is 2.33. The maximum Gasteiger partial charge on any atom is 0.414 e. The smallest absolute Gasteiger partial charge is 0.414 e. The van der Waals surface area contributed by atoms with E-state index >= 15 is 0 Å². The second-order valence-corrected chi connectivity index (χ2v) is 7.56. The minimum absolute atomic E-state index is 0.287. The van der Waals surface area contributed by atoms with Crippen molar-refractivity contribution in [3.8, 4) is 17.0 Å². The Hall–Kier alpha value is -4.28. The fraction of sp³-hybridized carbons (Fsp3) is 0.227. The van der Waals surface area contributed by atoms with Gasteiger partial charge < -0.3 is 9.47 Å². The van der Waals surface area contributed by atoms with E-state index in [9.17, 15) is 9.18 Å². The zero-order valence-electron chi connectivity index (χ0n) is 17.7. The molecule has 11 heteroatoms. The third kappa shape index (κ3) is 4.38. The van der Waals surface area contributed by atoms with Crippen molar-refractivity contribution < 1.29 is 18.7 Å². The van der Waals surface area contributed by atoms with E-state index in [1.165, 1.54) is 11.0 Å². The number of hydrogen-bond donors (Lipinski definition) is 0. The first-order valence-electron chi connectivity index (χ1n) is 10.2. The van der Waals surface area contributed by atoms with Crippen LogP contribution in [0.2, 0.25) is 0 Å². The lowest BCUT2D eigenvalue weighted by Crippen LogP contribution is -2.26. The van der Waals surface area contributed by atoms with Gasteiger partial charge in [-0.05, 0) is 35.9 Å². The van der Waals surface area contributed by atoms with Crippen LogP contribution in [0.25, 0.3) is 11.3 Å². The largest absolute Gasteiger partial charge is 0.497 e. The third-order valence-electron chi connectivity index (χ3n) is 5.32. The predicted molar refractivity (Wildman–Crippen MR) is 115 cm³/mol. The molecule has 33 heavy (non-hydrogen) atoms. The fourth-order valence-corrected chi connectivity index (χ4v) is 3.66. The van der Waals surface area contributed by atoms with Crippen LogP contribution < -0.4 is 9.64 Å². The van der Waals surface area contributed by atoms with Gasteiger partial charge in [-0.25, -0.2) is 18.5 Å². The molecule has 0 radical (unpaired) electrons. The highest BCUT2D eigenvalue weighted by Crippen LogP contribution is 2.28. The van der Waals surface area contributed by atoms with E-state index in [4.69, 9.17) is 9.47 Å². The van der Waals surface area contributed by atoms with Crippen LogP contribution >= 0.6 is 0 Å². The molecule has 1 aliphatic heterocycles. The summed E-state index contributed by atoms with van der Waals surface area (Å²) in [5.41, 5.74) is 2.12. The number of aromatic nitrogens is 6. The van der Waals surface area contributed by atoms with Crippen LogP contribution in [-0.2, 0) is 17.8 Å². The number of amides is 1. The number of carbonyl (C=O) groups is 1. The van der Waals surface area contributed by atoms with Crippen LogP contribution in [0.1, 0.15) is 5.56 Å². The van der Waals surface area contributed by atoms with Gasteiger partial charge in [0.2, 0.25) is 0 Å². The number of benzene rings is 2. The van der Waals surface area contributed by atoms with Gasteiger partial charge in [0, 0.05) is 11.8 Å². The van der Waals surface area contributed by atoms with E-state index in [1.807, 2.05) is 24.3 Å². The zero-order valence-corrected chi connectivity index (χ0v) is 17.7. The summed E-state index contributed by atoms with van der Waals surface area (Å²) in [5.74, 6) is 0.267. The summed E-state index contributed by atoms with van der Waals surface area (Å²) in [5, 5.41) is 15.8. The van der Waals surface area contributed by atoms with Crippen molar-refractivity contribution in [2.24, 2.45) is 0 Å². The summed E-state index contributed by atoms with van der Waals surface area (Å²) >= 11 is 0. The predicted octanol–water partition coefficient (Wildman–Crippen LogP) is 2.76. The van der Waals surface area contributed by atoms with Crippen LogP contribution in [0, 0.1) is 5.82 Å². The van der Waals surface area contributed by atoms with Gasteiger partial charge in [-0.2, -0.15) is 0 Å². The molecule has 0 N–H and O–H groups in total. The van der Waals surface area contributed by atoms with Gasteiger partial charge in [-0.1, -0.05) is 22.6 Å². The van der Waals surface area contributed by atoms with Crippen LogP contribution in [0.15, 0.2) is 61.1 Å². The molecule has 1 aliphatic rings. The molecule has 1 saturated heterocycles. The summed E-state index contributed by atoms with van der Waals surface area (Å²) in [6, 6.07) is 12.2. The Morgan fingerprint density at radius 3 is 2.73 bits per heavy atom. The summed E-state index contributed by atoms with van der Waals surface area (Å²) in [6.45, 7) is 1.15. The Balaban J connectivity index is 1.28. The van der Waals surface area contributed by atoms with Crippen molar-refractivity contribution in [1.29, 1.82) is 0 Å². The third-order valence-corrected chi connectivity index (χ3v) is 5.32. The Bertz CT molecular complexity index is 1260. The van der Waals surface area contributed by atoms with E-state index in [1.54, 1.807) is 47.2 Å². The number of ether oxygens (including phenoxy) is 2. The highest BCUT2D eigenvalue weighted by atomic mass is 19.1. The second-order valence-electron chi connectivity index (χ2n) is 7.56. The van der Waals surface area contributed by atoms with Gasteiger partial charge in [-0.3, -0.25) is 4.90 Å². The molecule has 1 atom stereocenters. The van der Waals surface area contributed by atoms with Crippen LogP contribution in [0.5, 0.6) is 5.75 Å². The molecule has 0 aliphatic carbocycles. The van der Waals surface area contributed by atoms with E-state index < -0.39 is 18.0 Å². The molecule has 1 fully saturated rings. The molecule has 0 saturated carbocycles. The molecule has 168 valence electrons. The summed E-state index contributed by atoms with van der Waals surface area (Å²) in [7, 11) is 1.61. The average molecular weight is 449 g/mol. The van der Waals surface area contributed by atoms with Crippen LogP contribution in [0.3, 0.4) is 0 Å². The van der Waals surface area contributed by atoms with Crippen molar-refractivity contribution in [3.63, 3.8) is 0 Å². The number of methoxy groups -OCH3 is 1. The van der Waals surface area contributed by atoms with Gasteiger partial charge in [-0.15, -0.1) is 10.2 Å². The molecule has 2 aromatic heterocycles. The maximum atomic E-state index is 14.9. The van der Waals surface area contributed by atoms with E-state index in [-0.39, 0.29) is 6.54 Å². The average Bonchev–Trinajstić information content (AvgIpc) is 3.57. The van der Waals surface area contributed by atoms with E-state index in [2.05, 4.69) is 20.6 Å². The topological polar surface area (TPSA) is 100 Å². The Kier molecular flexibility index (Phi) is 5.43.